The summed E-state index contributed by atoms with van der Waals surface area (Å²) in [5.74, 6) is 4.66. The SMILES string of the molecule is COC1(OC)[C@]2(Cl)C[C@@H](CC#CCCCC#N)[C@@]1(Cl)C(Cl)=C2Cl. The van der Waals surface area contributed by atoms with Crippen LogP contribution in [-0.4, -0.2) is 29.8 Å². The number of hydrogen-bond donors (Lipinski definition) is 0. The minimum Gasteiger partial charge on any atom is -0.350 e. The normalized spacial score (nSPS) is 34.2. The van der Waals surface area contributed by atoms with Gasteiger partial charge in [0, 0.05) is 39.4 Å². The lowest BCUT2D eigenvalue weighted by atomic mass is 9.88. The van der Waals surface area contributed by atoms with Gasteiger partial charge in [0.2, 0.25) is 5.79 Å². The molecule has 3 atom stereocenters. The lowest BCUT2D eigenvalue weighted by molar-refractivity contribution is -0.218. The molecule has 1 fully saturated rings. The molecule has 1 saturated carbocycles. The van der Waals surface area contributed by atoms with Crippen molar-refractivity contribution in [3.63, 3.8) is 0 Å². The van der Waals surface area contributed by atoms with E-state index in [-0.39, 0.29) is 16.0 Å². The van der Waals surface area contributed by atoms with Crippen molar-refractivity contribution < 1.29 is 9.47 Å². The Balaban J connectivity index is 2.25. The molecule has 2 aliphatic carbocycles. The van der Waals surface area contributed by atoms with Crippen molar-refractivity contribution in [3.05, 3.63) is 10.1 Å². The van der Waals surface area contributed by atoms with Gasteiger partial charge in [-0.1, -0.05) is 23.2 Å². The Morgan fingerprint density at radius 2 is 1.78 bits per heavy atom. The maximum absolute atomic E-state index is 8.50. The van der Waals surface area contributed by atoms with E-state index in [0.717, 1.165) is 6.42 Å². The largest absolute Gasteiger partial charge is 0.350 e. The summed E-state index contributed by atoms with van der Waals surface area (Å²) in [4.78, 5) is -2.29. The van der Waals surface area contributed by atoms with Crippen molar-refractivity contribution in [2.24, 2.45) is 5.92 Å². The Kier molecular flexibility index (Phi) is 5.85. The summed E-state index contributed by atoms with van der Waals surface area (Å²) in [6, 6.07) is 2.09. The molecule has 3 nitrogen and oxygen atoms in total. The zero-order valence-corrected chi connectivity index (χ0v) is 15.9. The monoisotopic (exact) mass is 395 g/mol. The van der Waals surface area contributed by atoms with E-state index in [0.29, 0.717) is 25.7 Å². The Bertz CT molecular complexity index is 614. The quantitative estimate of drug-likeness (QED) is 0.291. The van der Waals surface area contributed by atoms with E-state index in [1.54, 1.807) is 0 Å². The predicted octanol–water partition coefficient (Wildman–Crippen LogP) is 4.74. The van der Waals surface area contributed by atoms with Gasteiger partial charge in [0.15, 0.2) is 0 Å². The number of alkyl halides is 2. The average Bonchev–Trinajstić information content (AvgIpc) is 2.81. The van der Waals surface area contributed by atoms with Gasteiger partial charge in [-0.05, 0) is 12.8 Å². The molecule has 23 heavy (non-hydrogen) atoms. The van der Waals surface area contributed by atoms with Crippen LogP contribution in [0.5, 0.6) is 0 Å². The van der Waals surface area contributed by atoms with Crippen LogP contribution in [0.25, 0.3) is 0 Å². The number of fused-ring (bicyclic) bond motifs is 2. The molecule has 0 spiro atoms. The minimum atomic E-state index is -1.33. The minimum absolute atomic E-state index is 0.153. The summed E-state index contributed by atoms with van der Waals surface area (Å²) in [6.45, 7) is 0. The predicted molar refractivity (Wildman–Crippen MR) is 92.6 cm³/mol. The maximum atomic E-state index is 8.50. The molecule has 0 aromatic carbocycles. The third-order valence-corrected chi connectivity index (χ3v) is 7.22. The first-order chi connectivity index (χ1) is 10.9. The topological polar surface area (TPSA) is 42.2 Å². The summed E-state index contributed by atoms with van der Waals surface area (Å²) < 4.78 is 11.2. The van der Waals surface area contributed by atoms with E-state index in [2.05, 4.69) is 17.9 Å². The highest BCUT2D eigenvalue weighted by atomic mass is 35.5. The summed E-state index contributed by atoms with van der Waals surface area (Å²) >= 11 is 26.3. The zero-order chi connectivity index (χ0) is 17.3. The average molecular weight is 397 g/mol. The second-order valence-corrected chi connectivity index (χ2v) is 7.63. The molecule has 0 radical (unpaired) electrons. The molecule has 0 heterocycles. The molecule has 126 valence electrons. The maximum Gasteiger partial charge on any atom is 0.217 e. The summed E-state index contributed by atoms with van der Waals surface area (Å²) in [5, 5.41) is 9.05. The second kappa shape index (κ2) is 7.01. The van der Waals surface area contributed by atoms with Crippen LogP contribution in [0.3, 0.4) is 0 Å². The van der Waals surface area contributed by atoms with Gasteiger partial charge in [0.05, 0.1) is 16.1 Å². The van der Waals surface area contributed by atoms with Gasteiger partial charge in [-0.3, -0.25) is 0 Å². The Morgan fingerprint density at radius 3 is 2.30 bits per heavy atom. The molecule has 2 bridgehead atoms. The third-order valence-electron chi connectivity index (χ3n) is 4.59. The molecule has 0 amide bonds. The first kappa shape index (κ1) is 19.2. The van der Waals surface area contributed by atoms with Crippen molar-refractivity contribution in [2.45, 2.75) is 47.6 Å². The van der Waals surface area contributed by atoms with E-state index in [1.807, 2.05) is 0 Å². The number of nitriles is 1. The van der Waals surface area contributed by atoms with Gasteiger partial charge in [0.1, 0.15) is 9.75 Å². The molecule has 0 aromatic heterocycles. The van der Waals surface area contributed by atoms with Crippen LogP contribution in [-0.2, 0) is 9.47 Å². The highest BCUT2D eigenvalue weighted by Crippen LogP contribution is 2.72. The molecule has 2 aliphatic rings. The molecular weight excluding hydrogens is 380 g/mol. The van der Waals surface area contributed by atoms with E-state index < -0.39 is 15.5 Å². The smallest absolute Gasteiger partial charge is 0.217 e. The molecular formula is C16H17Cl4NO2. The van der Waals surface area contributed by atoms with Crippen LogP contribution in [0, 0.1) is 29.1 Å². The fourth-order valence-corrected chi connectivity index (χ4v) is 5.60. The first-order valence-corrected chi connectivity index (χ1v) is 8.74. The Morgan fingerprint density at radius 1 is 1.13 bits per heavy atom. The van der Waals surface area contributed by atoms with Crippen molar-refractivity contribution in [2.75, 3.05) is 14.2 Å². The van der Waals surface area contributed by atoms with Crippen molar-refractivity contribution in [1.82, 2.24) is 0 Å². The number of halogens is 4. The second-order valence-electron chi connectivity index (χ2n) is 5.64. The number of unbranched alkanes of at least 4 members (excludes halogenated alkanes) is 2. The van der Waals surface area contributed by atoms with Crippen LogP contribution in [0.2, 0.25) is 0 Å². The van der Waals surface area contributed by atoms with Gasteiger partial charge in [-0.25, -0.2) is 0 Å². The van der Waals surface area contributed by atoms with Crippen LogP contribution < -0.4 is 0 Å². The molecule has 0 aliphatic heterocycles. The van der Waals surface area contributed by atoms with E-state index in [1.165, 1.54) is 14.2 Å². The summed E-state index contributed by atoms with van der Waals surface area (Å²) in [5.41, 5.74) is 0. The number of methoxy groups -OCH3 is 2. The standard InChI is InChI=1S/C16H17Cl4NO2/c1-22-16(23-2)14(19)10-11(8-6-4-3-5-7-9-21)15(16,20)13(18)12(14)17/h11H,3,5,7-8,10H2,1-2H3/t11-,14+,15-/m1/s1. The molecule has 0 saturated heterocycles. The van der Waals surface area contributed by atoms with Crippen LogP contribution in [0.15, 0.2) is 10.1 Å². The molecule has 2 rings (SSSR count). The van der Waals surface area contributed by atoms with E-state index in [4.69, 9.17) is 61.1 Å². The van der Waals surface area contributed by atoms with Crippen molar-refractivity contribution in [1.29, 1.82) is 5.26 Å². The van der Waals surface area contributed by atoms with E-state index >= 15 is 0 Å². The van der Waals surface area contributed by atoms with Gasteiger partial charge in [-0.15, -0.1) is 35.0 Å². The Labute approximate surface area is 156 Å². The van der Waals surface area contributed by atoms with Gasteiger partial charge >= 0.3 is 0 Å². The summed E-state index contributed by atoms with van der Waals surface area (Å²) in [6.07, 6.45) is 2.89. The van der Waals surface area contributed by atoms with Crippen LogP contribution in [0.4, 0.5) is 0 Å². The summed E-state index contributed by atoms with van der Waals surface area (Å²) in [7, 11) is 2.96. The van der Waals surface area contributed by atoms with Crippen LogP contribution in [0.1, 0.15) is 32.1 Å². The number of hydrogen-bond acceptors (Lipinski definition) is 3. The zero-order valence-electron chi connectivity index (χ0n) is 12.9. The number of rotatable bonds is 5. The molecule has 7 heteroatoms. The number of nitrogens with zero attached hydrogens (tertiary/aromatic N) is 1. The molecule has 0 aromatic rings. The van der Waals surface area contributed by atoms with Gasteiger partial charge < -0.3 is 9.47 Å². The van der Waals surface area contributed by atoms with Crippen molar-refractivity contribution >= 4 is 46.4 Å². The highest BCUT2D eigenvalue weighted by molar-refractivity contribution is 6.51. The Hall–Kier alpha value is -0.130. The highest BCUT2D eigenvalue weighted by Gasteiger charge is 2.80. The third kappa shape index (κ3) is 2.49. The number of ether oxygens (including phenoxy) is 2. The lowest BCUT2D eigenvalue weighted by Crippen LogP contribution is -2.56. The fourth-order valence-electron chi connectivity index (χ4n) is 3.52. The van der Waals surface area contributed by atoms with Crippen LogP contribution >= 0.6 is 46.4 Å². The molecule has 0 N–H and O–H groups in total. The first-order valence-electron chi connectivity index (χ1n) is 7.22. The fraction of sp³-hybridized carbons (Fsp3) is 0.688. The van der Waals surface area contributed by atoms with E-state index in [9.17, 15) is 0 Å². The van der Waals surface area contributed by atoms with Crippen molar-refractivity contribution in [3.8, 4) is 17.9 Å². The van der Waals surface area contributed by atoms with Gasteiger partial charge in [-0.2, -0.15) is 5.26 Å². The lowest BCUT2D eigenvalue weighted by Gasteiger charge is -2.41. The molecule has 0 unspecified atom stereocenters. The van der Waals surface area contributed by atoms with Gasteiger partial charge in [0.25, 0.3) is 0 Å².